The van der Waals surface area contributed by atoms with Gasteiger partial charge in [-0.2, -0.15) is 5.10 Å². The van der Waals surface area contributed by atoms with Crippen molar-refractivity contribution in [2.75, 3.05) is 7.11 Å². The maximum absolute atomic E-state index is 13.3. The lowest BCUT2D eigenvalue weighted by atomic mass is 10.1. The van der Waals surface area contributed by atoms with E-state index in [0.717, 1.165) is 11.1 Å². The summed E-state index contributed by atoms with van der Waals surface area (Å²) in [5.74, 6) is 0.358. The van der Waals surface area contributed by atoms with Crippen LogP contribution in [0.2, 0.25) is 0 Å². The van der Waals surface area contributed by atoms with Crippen molar-refractivity contribution in [2.24, 2.45) is 0 Å². The Hall–Kier alpha value is -4.46. The molecule has 3 aromatic carbocycles. The standard InChI is InChI=1S/C25H22N4O4/c1-17(18-7-4-3-5-8-18)26-25(30)24-16-23(19-11-13-22(33-2)14-12-19)27-28(24)20-9-6-10-21(15-20)29(31)32/h3-17H,1-2H3,(H,26,30). The first-order valence-electron chi connectivity index (χ1n) is 10.3. The molecule has 0 saturated carbocycles. The molecule has 0 aliphatic carbocycles. The lowest BCUT2D eigenvalue weighted by Gasteiger charge is -2.15. The second-order valence-corrected chi connectivity index (χ2v) is 7.44. The van der Waals surface area contributed by atoms with Gasteiger partial charge in [0.05, 0.1) is 29.5 Å². The number of nitrogens with zero attached hydrogens (tertiary/aromatic N) is 3. The number of benzene rings is 3. The van der Waals surface area contributed by atoms with Crippen molar-refractivity contribution in [3.05, 3.63) is 106 Å². The molecule has 0 radical (unpaired) electrons. The second-order valence-electron chi connectivity index (χ2n) is 7.44. The number of carbonyl (C=O) groups is 1. The lowest BCUT2D eigenvalue weighted by Crippen LogP contribution is -2.28. The molecular formula is C25H22N4O4. The van der Waals surface area contributed by atoms with E-state index in [1.54, 1.807) is 37.4 Å². The van der Waals surface area contributed by atoms with Crippen LogP contribution in [0.1, 0.15) is 29.0 Å². The highest BCUT2D eigenvalue weighted by atomic mass is 16.6. The summed E-state index contributed by atoms with van der Waals surface area (Å²) in [4.78, 5) is 24.1. The van der Waals surface area contributed by atoms with Crippen molar-refractivity contribution in [3.8, 4) is 22.7 Å². The van der Waals surface area contributed by atoms with Gasteiger partial charge in [0.2, 0.25) is 0 Å². The number of hydrogen-bond donors (Lipinski definition) is 1. The average Bonchev–Trinajstić information content (AvgIpc) is 3.30. The topological polar surface area (TPSA) is 99.3 Å². The van der Waals surface area contributed by atoms with Crippen molar-refractivity contribution in [1.29, 1.82) is 0 Å². The molecule has 1 N–H and O–H groups in total. The molecule has 1 heterocycles. The number of nitrogens with one attached hydrogen (secondary N) is 1. The van der Waals surface area contributed by atoms with Crippen molar-refractivity contribution in [2.45, 2.75) is 13.0 Å². The average molecular weight is 442 g/mol. The quantitative estimate of drug-likeness (QED) is 0.323. The number of nitro groups is 1. The van der Waals surface area contributed by atoms with E-state index < -0.39 is 4.92 Å². The molecule has 1 unspecified atom stereocenters. The molecule has 0 saturated heterocycles. The first-order chi connectivity index (χ1) is 16.0. The van der Waals surface area contributed by atoms with E-state index in [1.807, 2.05) is 49.4 Å². The summed E-state index contributed by atoms with van der Waals surface area (Å²) in [7, 11) is 1.59. The summed E-state index contributed by atoms with van der Waals surface area (Å²) < 4.78 is 6.64. The number of aromatic nitrogens is 2. The van der Waals surface area contributed by atoms with Crippen LogP contribution in [-0.4, -0.2) is 27.7 Å². The van der Waals surface area contributed by atoms with Crippen LogP contribution in [0.5, 0.6) is 5.75 Å². The zero-order chi connectivity index (χ0) is 23.4. The van der Waals surface area contributed by atoms with Crippen molar-refractivity contribution in [3.63, 3.8) is 0 Å². The fourth-order valence-electron chi connectivity index (χ4n) is 3.48. The number of carbonyl (C=O) groups excluding carboxylic acids is 1. The summed E-state index contributed by atoms with van der Waals surface area (Å²) in [5, 5.41) is 18.9. The van der Waals surface area contributed by atoms with Gasteiger partial charge in [-0.1, -0.05) is 36.4 Å². The zero-order valence-electron chi connectivity index (χ0n) is 18.1. The number of rotatable bonds is 7. The molecular weight excluding hydrogens is 420 g/mol. The maximum Gasteiger partial charge on any atom is 0.271 e. The van der Waals surface area contributed by atoms with Gasteiger partial charge in [0.1, 0.15) is 11.4 Å². The number of amides is 1. The first-order valence-corrected chi connectivity index (χ1v) is 10.3. The van der Waals surface area contributed by atoms with E-state index in [0.29, 0.717) is 17.1 Å². The van der Waals surface area contributed by atoms with Crippen LogP contribution in [0.3, 0.4) is 0 Å². The van der Waals surface area contributed by atoms with E-state index in [1.165, 1.54) is 16.8 Å². The Labute approximate surface area is 190 Å². The Morgan fingerprint density at radius 1 is 1.03 bits per heavy atom. The van der Waals surface area contributed by atoms with Crippen LogP contribution in [0.15, 0.2) is 84.9 Å². The Balaban J connectivity index is 1.75. The number of nitro benzene ring substituents is 1. The molecule has 4 rings (SSSR count). The second kappa shape index (κ2) is 9.35. The fourth-order valence-corrected chi connectivity index (χ4v) is 3.48. The third-order valence-electron chi connectivity index (χ3n) is 5.26. The maximum atomic E-state index is 13.3. The summed E-state index contributed by atoms with van der Waals surface area (Å²) in [6, 6.07) is 24.4. The third kappa shape index (κ3) is 4.74. The molecule has 8 nitrogen and oxygen atoms in total. The molecule has 1 amide bonds. The molecule has 1 atom stereocenters. The normalized spacial score (nSPS) is 11.6. The number of ether oxygens (including phenoxy) is 1. The Morgan fingerprint density at radius 3 is 2.42 bits per heavy atom. The first kappa shape index (κ1) is 21.8. The summed E-state index contributed by atoms with van der Waals surface area (Å²) >= 11 is 0. The summed E-state index contributed by atoms with van der Waals surface area (Å²) in [5.41, 5.74) is 2.90. The van der Waals surface area contributed by atoms with Crippen LogP contribution in [0, 0.1) is 10.1 Å². The van der Waals surface area contributed by atoms with Gasteiger partial charge in [0.15, 0.2) is 0 Å². The van der Waals surface area contributed by atoms with Gasteiger partial charge in [-0.05, 0) is 48.9 Å². The smallest absolute Gasteiger partial charge is 0.271 e. The highest BCUT2D eigenvalue weighted by Crippen LogP contribution is 2.26. The highest BCUT2D eigenvalue weighted by Gasteiger charge is 2.21. The fraction of sp³-hybridized carbons (Fsp3) is 0.120. The molecule has 8 heteroatoms. The SMILES string of the molecule is COc1ccc(-c2cc(C(=O)NC(C)c3ccccc3)n(-c3cccc([N+](=O)[O-])c3)n2)cc1. The molecule has 0 bridgehead atoms. The van der Waals surface area contributed by atoms with E-state index in [9.17, 15) is 14.9 Å². The Morgan fingerprint density at radius 2 is 1.76 bits per heavy atom. The monoisotopic (exact) mass is 442 g/mol. The minimum Gasteiger partial charge on any atom is -0.497 e. The molecule has 0 spiro atoms. The Kier molecular flexibility index (Phi) is 6.17. The van der Waals surface area contributed by atoms with Crippen molar-refractivity contribution >= 4 is 11.6 Å². The van der Waals surface area contributed by atoms with E-state index in [2.05, 4.69) is 10.4 Å². The third-order valence-corrected chi connectivity index (χ3v) is 5.26. The van der Waals surface area contributed by atoms with E-state index in [-0.39, 0.29) is 23.3 Å². The number of hydrogen-bond acceptors (Lipinski definition) is 5. The van der Waals surface area contributed by atoms with Crippen LogP contribution < -0.4 is 10.1 Å². The predicted octanol–water partition coefficient (Wildman–Crippen LogP) is 4.95. The van der Waals surface area contributed by atoms with Gasteiger partial charge < -0.3 is 10.1 Å². The zero-order valence-corrected chi connectivity index (χ0v) is 18.1. The van der Waals surface area contributed by atoms with Crippen LogP contribution in [0.4, 0.5) is 5.69 Å². The van der Waals surface area contributed by atoms with Gasteiger partial charge in [-0.15, -0.1) is 0 Å². The van der Waals surface area contributed by atoms with Gasteiger partial charge in [-0.25, -0.2) is 4.68 Å². The molecule has 33 heavy (non-hydrogen) atoms. The number of methoxy groups -OCH3 is 1. The van der Waals surface area contributed by atoms with Crippen LogP contribution in [0.25, 0.3) is 16.9 Å². The largest absolute Gasteiger partial charge is 0.497 e. The molecule has 0 aliphatic rings. The van der Waals surface area contributed by atoms with Gasteiger partial charge >= 0.3 is 0 Å². The van der Waals surface area contributed by atoms with Crippen molar-refractivity contribution < 1.29 is 14.5 Å². The van der Waals surface area contributed by atoms with Crippen LogP contribution in [-0.2, 0) is 0 Å². The summed E-state index contributed by atoms with van der Waals surface area (Å²) in [6.07, 6.45) is 0. The number of non-ortho nitro benzene ring substituents is 1. The van der Waals surface area contributed by atoms with Gasteiger partial charge in [-0.3, -0.25) is 14.9 Å². The molecule has 166 valence electrons. The molecule has 0 fully saturated rings. The predicted molar refractivity (Wildman–Crippen MR) is 125 cm³/mol. The lowest BCUT2D eigenvalue weighted by molar-refractivity contribution is -0.384. The minimum absolute atomic E-state index is 0.0852. The Bertz CT molecular complexity index is 1280. The van der Waals surface area contributed by atoms with E-state index >= 15 is 0 Å². The van der Waals surface area contributed by atoms with Gasteiger partial charge in [0.25, 0.3) is 11.6 Å². The molecule has 1 aromatic heterocycles. The van der Waals surface area contributed by atoms with Crippen molar-refractivity contribution in [1.82, 2.24) is 15.1 Å². The highest BCUT2D eigenvalue weighted by molar-refractivity contribution is 5.94. The van der Waals surface area contributed by atoms with Crippen LogP contribution >= 0.6 is 0 Å². The molecule has 4 aromatic rings. The minimum atomic E-state index is -0.478. The molecule has 0 aliphatic heterocycles. The summed E-state index contributed by atoms with van der Waals surface area (Å²) in [6.45, 7) is 1.89. The van der Waals surface area contributed by atoms with Gasteiger partial charge in [0, 0.05) is 17.7 Å². The van der Waals surface area contributed by atoms with E-state index in [4.69, 9.17) is 4.74 Å².